The van der Waals surface area contributed by atoms with Crippen molar-refractivity contribution in [1.82, 2.24) is 15.6 Å². The summed E-state index contributed by atoms with van der Waals surface area (Å²) in [6.45, 7) is 0.482. The number of benzene rings is 3. The molecule has 0 bridgehead atoms. The summed E-state index contributed by atoms with van der Waals surface area (Å²) in [7, 11) is 0. The Morgan fingerprint density at radius 1 is 0.821 bits per heavy atom. The highest BCUT2D eigenvalue weighted by atomic mass is 16.4. The molecule has 0 spiro atoms. The fourth-order valence-corrected chi connectivity index (χ4v) is 4.41. The number of pyridine rings is 1. The normalized spacial score (nSPS) is 11.5. The fourth-order valence-electron chi connectivity index (χ4n) is 4.41. The maximum atomic E-state index is 12.5. The molecule has 8 nitrogen and oxygen atoms in total. The van der Waals surface area contributed by atoms with Crippen molar-refractivity contribution in [2.24, 2.45) is 0 Å². The van der Waals surface area contributed by atoms with Crippen LogP contribution in [-0.4, -0.2) is 41.0 Å². The van der Waals surface area contributed by atoms with Crippen molar-refractivity contribution in [3.8, 4) is 11.1 Å². The lowest BCUT2D eigenvalue weighted by Gasteiger charge is -2.18. The highest BCUT2D eigenvalue weighted by molar-refractivity contribution is 5.96. The summed E-state index contributed by atoms with van der Waals surface area (Å²) in [6, 6.07) is 26.7. The Balaban J connectivity index is 1.27. The Kier molecular flexibility index (Phi) is 9.61. The van der Waals surface area contributed by atoms with Gasteiger partial charge in [0.2, 0.25) is 11.8 Å². The van der Waals surface area contributed by atoms with Crippen molar-refractivity contribution < 1.29 is 19.5 Å². The molecule has 0 saturated carbocycles. The number of carbonyl (C=O) groups excluding carboxylic acids is 2. The highest BCUT2D eigenvalue weighted by Gasteiger charge is 2.19. The van der Waals surface area contributed by atoms with Gasteiger partial charge in [-0.05, 0) is 52.4 Å². The molecule has 1 atom stereocenters. The van der Waals surface area contributed by atoms with Crippen molar-refractivity contribution in [3.63, 3.8) is 0 Å². The number of amides is 2. The first-order valence-electron chi connectivity index (χ1n) is 13.0. The summed E-state index contributed by atoms with van der Waals surface area (Å²) in [5.41, 5.74) is 2.76. The summed E-state index contributed by atoms with van der Waals surface area (Å²) < 4.78 is 0. The number of nitrogens with one attached hydrogen (secondary N) is 3. The van der Waals surface area contributed by atoms with E-state index in [1.807, 2.05) is 66.7 Å². The molecular formula is C31H32N4O4. The number of rotatable bonds is 13. The topological polar surface area (TPSA) is 120 Å². The van der Waals surface area contributed by atoms with Gasteiger partial charge in [-0.1, -0.05) is 72.8 Å². The van der Waals surface area contributed by atoms with Crippen LogP contribution in [0.4, 0.5) is 5.82 Å². The maximum Gasteiger partial charge on any atom is 0.305 e. The van der Waals surface area contributed by atoms with Gasteiger partial charge in [0, 0.05) is 19.2 Å². The molecule has 4 N–H and O–H groups in total. The van der Waals surface area contributed by atoms with Crippen LogP contribution in [0.2, 0.25) is 0 Å². The molecule has 3 aromatic carbocycles. The predicted octanol–water partition coefficient (Wildman–Crippen LogP) is 4.93. The van der Waals surface area contributed by atoms with Gasteiger partial charge in [0.15, 0.2) is 0 Å². The Morgan fingerprint density at radius 3 is 2.36 bits per heavy atom. The number of aromatic nitrogens is 1. The zero-order chi connectivity index (χ0) is 27.5. The zero-order valence-electron chi connectivity index (χ0n) is 21.6. The molecule has 200 valence electrons. The average molecular weight is 525 g/mol. The van der Waals surface area contributed by atoms with Gasteiger partial charge in [0.1, 0.15) is 5.82 Å². The molecule has 8 heteroatoms. The van der Waals surface area contributed by atoms with Crippen molar-refractivity contribution in [2.75, 3.05) is 18.4 Å². The van der Waals surface area contributed by atoms with Crippen LogP contribution in [0.15, 0.2) is 91.1 Å². The second kappa shape index (κ2) is 13.7. The minimum Gasteiger partial charge on any atom is -0.481 e. The largest absolute Gasteiger partial charge is 0.481 e. The van der Waals surface area contributed by atoms with Gasteiger partial charge in [0.25, 0.3) is 0 Å². The number of nitrogens with zero attached hydrogens (tertiary/aromatic N) is 1. The Hall–Kier alpha value is -4.72. The molecule has 0 saturated heterocycles. The Morgan fingerprint density at radius 2 is 1.59 bits per heavy atom. The lowest BCUT2D eigenvalue weighted by Crippen LogP contribution is -2.39. The van der Waals surface area contributed by atoms with Gasteiger partial charge in [-0.3, -0.25) is 14.4 Å². The molecule has 0 aliphatic carbocycles. The van der Waals surface area contributed by atoms with E-state index in [0.717, 1.165) is 34.1 Å². The van der Waals surface area contributed by atoms with Crippen LogP contribution in [0, 0.1) is 0 Å². The van der Waals surface area contributed by atoms with Gasteiger partial charge in [-0.2, -0.15) is 0 Å². The van der Waals surface area contributed by atoms with Crippen molar-refractivity contribution >= 4 is 34.4 Å². The molecule has 0 radical (unpaired) electrons. The van der Waals surface area contributed by atoms with E-state index in [1.165, 1.54) is 0 Å². The molecule has 0 aliphatic heterocycles. The van der Waals surface area contributed by atoms with Crippen molar-refractivity contribution in [1.29, 1.82) is 0 Å². The van der Waals surface area contributed by atoms with Crippen LogP contribution in [0.5, 0.6) is 0 Å². The van der Waals surface area contributed by atoms with Crippen LogP contribution in [-0.2, 0) is 14.4 Å². The minimum absolute atomic E-state index is 0.213. The van der Waals surface area contributed by atoms with Crippen molar-refractivity contribution in [2.45, 2.75) is 31.7 Å². The van der Waals surface area contributed by atoms with E-state index in [4.69, 9.17) is 0 Å². The van der Waals surface area contributed by atoms with Crippen LogP contribution < -0.4 is 16.0 Å². The molecule has 1 aromatic heterocycles. The van der Waals surface area contributed by atoms with E-state index < -0.39 is 17.9 Å². The average Bonchev–Trinajstić information content (AvgIpc) is 2.96. The molecule has 4 aromatic rings. The first-order valence-corrected chi connectivity index (χ1v) is 13.0. The van der Waals surface area contributed by atoms with Gasteiger partial charge in [-0.15, -0.1) is 0 Å². The molecule has 39 heavy (non-hydrogen) atoms. The third-order valence-electron chi connectivity index (χ3n) is 6.38. The zero-order valence-corrected chi connectivity index (χ0v) is 21.6. The third kappa shape index (κ3) is 8.13. The number of unbranched alkanes of at least 4 members (excludes halogenated alkanes) is 1. The Labute approximate surface area is 227 Å². The quantitative estimate of drug-likeness (QED) is 0.184. The maximum absolute atomic E-state index is 12.5. The number of carboxylic acid groups (broad SMARTS) is 1. The Bertz CT molecular complexity index is 1400. The summed E-state index contributed by atoms with van der Waals surface area (Å²) >= 11 is 0. The van der Waals surface area contributed by atoms with Crippen LogP contribution in [0.1, 0.15) is 37.3 Å². The highest BCUT2D eigenvalue weighted by Crippen LogP contribution is 2.30. The van der Waals surface area contributed by atoms with Crippen LogP contribution >= 0.6 is 0 Å². The second-order valence-corrected chi connectivity index (χ2v) is 9.24. The lowest BCUT2D eigenvalue weighted by atomic mass is 9.95. The number of aliphatic carboxylic acids is 1. The van der Waals surface area contributed by atoms with Gasteiger partial charge < -0.3 is 21.1 Å². The minimum atomic E-state index is -1.03. The molecule has 0 fully saturated rings. The van der Waals surface area contributed by atoms with E-state index in [0.29, 0.717) is 24.9 Å². The summed E-state index contributed by atoms with van der Waals surface area (Å²) in [5, 5.41) is 20.2. The van der Waals surface area contributed by atoms with E-state index in [1.54, 1.807) is 6.20 Å². The van der Waals surface area contributed by atoms with Crippen LogP contribution in [0.3, 0.4) is 0 Å². The third-order valence-corrected chi connectivity index (χ3v) is 6.38. The first-order chi connectivity index (χ1) is 19.0. The van der Waals surface area contributed by atoms with Crippen molar-refractivity contribution in [3.05, 3.63) is 96.7 Å². The smallest absolute Gasteiger partial charge is 0.305 e. The van der Waals surface area contributed by atoms with Gasteiger partial charge in [0.05, 0.1) is 19.0 Å². The monoisotopic (exact) mass is 524 g/mol. The van der Waals surface area contributed by atoms with Gasteiger partial charge in [-0.25, -0.2) is 4.98 Å². The summed E-state index contributed by atoms with van der Waals surface area (Å²) in [4.78, 5) is 40.4. The van der Waals surface area contributed by atoms with E-state index >= 15 is 0 Å². The number of hydrogen-bond donors (Lipinski definition) is 4. The number of carbonyl (C=O) groups is 3. The second-order valence-electron chi connectivity index (χ2n) is 9.24. The molecule has 1 heterocycles. The summed E-state index contributed by atoms with van der Waals surface area (Å²) in [5.74, 6) is -0.902. The number of anilines is 1. The molecule has 4 rings (SSSR count). The molecular weight excluding hydrogens is 492 g/mol. The number of hydrogen-bond acceptors (Lipinski definition) is 5. The fraction of sp³-hybridized carbons (Fsp3) is 0.226. The van der Waals surface area contributed by atoms with E-state index in [2.05, 4.69) is 39.1 Å². The number of carboxylic acids is 1. The molecule has 0 aliphatic rings. The molecule has 2 amide bonds. The lowest BCUT2D eigenvalue weighted by molar-refractivity contribution is -0.138. The van der Waals surface area contributed by atoms with Gasteiger partial charge >= 0.3 is 5.97 Å². The predicted molar refractivity (Wildman–Crippen MR) is 152 cm³/mol. The van der Waals surface area contributed by atoms with E-state index in [9.17, 15) is 19.5 Å². The van der Waals surface area contributed by atoms with E-state index in [-0.39, 0.29) is 18.9 Å². The SMILES string of the molecule is O=C(O)CC(NC(=O)CNC(=O)CCCCNc1ccccn1)c1ccc(-c2cccc3ccccc23)cc1. The number of fused-ring (bicyclic) bond motifs is 1. The standard InChI is InChI=1S/C31H32N4O4/c36-29(13-4-6-19-33-28-12-3-5-18-32-28)34-21-30(37)35-27(20-31(38)39)24-16-14-23(15-17-24)26-11-7-9-22-8-1-2-10-25(22)26/h1-3,5,7-12,14-18,27H,4,6,13,19-21H2,(H,32,33)(H,34,36)(H,35,37)(H,38,39). The first kappa shape index (κ1) is 27.3. The summed E-state index contributed by atoms with van der Waals surface area (Å²) in [6.07, 6.45) is 3.19. The molecule has 1 unspecified atom stereocenters. The van der Waals surface area contributed by atoms with Crippen LogP contribution in [0.25, 0.3) is 21.9 Å².